The van der Waals surface area contributed by atoms with Crippen molar-refractivity contribution in [2.45, 2.75) is 19.1 Å². The van der Waals surface area contributed by atoms with E-state index in [2.05, 4.69) is 9.97 Å². The molecule has 132 valence electrons. The van der Waals surface area contributed by atoms with Crippen LogP contribution in [-0.2, 0) is 23.9 Å². The molecule has 0 unspecified atom stereocenters. The van der Waals surface area contributed by atoms with Gasteiger partial charge in [-0.2, -0.15) is 13.2 Å². The van der Waals surface area contributed by atoms with Crippen LogP contribution in [0.2, 0.25) is 0 Å². The molecule has 2 aliphatic rings. The first kappa shape index (κ1) is 16.3. The maximum Gasteiger partial charge on any atom is 0.433 e. The van der Waals surface area contributed by atoms with Gasteiger partial charge in [0, 0.05) is 37.3 Å². The lowest BCUT2D eigenvalue weighted by molar-refractivity contribution is -0.141. The summed E-state index contributed by atoms with van der Waals surface area (Å²) < 4.78 is 38.2. The molecule has 1 fully saturated rings. The van der Waals surface area contributed by atoms with Gasteiger partial charge in [-0.1, -0.05) is 0 Å². The Hall–Kier alpha value is -2.16. The average molecular weight is 368 g/mol. The first-order chi connectivity index (χ1) is 11.9. The van der Waals surface area contributed by atoms with E-state index in [1.807, 2.05) is 16.3 Å². The smallest absolute Gasteiger partial charge is 0.339 e. The molecule has 2 aromatic heterocycles. The van der Waals surface area contributed by atoms with Crippen LogP contribution < -0.4 is 4.90 Å². The van der Waals surface area contributed by atoms with E-state index in [1.165, 1.54) is 10.4 Å². The number of nitrogens with zero attached hydrogens (tertiary/aromatic N) is 4. The standard InChI is InChI=1S/C16H15F3N4OS/c17-16(18,19)13-1-4-20-15(21-13)23-8-11(9-23)14(24)22-5-2-12-10(7-22)3-6-25-12/h1,3-4,6,11H,2,5,7-9H2. The Kier molecular flexibility index (Phi) is 3.90. The molecule has 0 bridgehead atoms. The van der Waals surface area contributed by atoms with Crippen molar-refractivity contribution in [3.05, 3.63) is 39.8 Å². The Balaban J connectivity index is 1.38. The molecule has 2 aromatic rings. The van der Waals surface area contributed by atoms with Gasteiger partial charge in [0.1, 0.15) is 5.69 Å². The zero-order valence-electron chi connectivity index (χ0n) is 13.2. The van der Waals surface area contributed by atoms with Crippen molar-refractivity contribution in [3.8, 4) is 0 Å². The summed E-state index contributed by atoms with van der Waals surface area (Å²) >= 11 is 1.71. The third-order valence-electron chi connectivity index (χ3n) is 4.57. The molecular weight excluding hydrogens is 353 g/mol. The Bertz CT molecular complexity index is 801. The van der Waals surface area contributed by atoms with Crippen molar-refractivity contribution in [2.24, 2.45) is 5.92 Å². The maximum atomic E-state index is 12.7. The Morgan fingerprint density at radius 3 is 2.84 bits per heavy atom. The molecule has 2 aliphatic heterocycles. The largest absolute Gasteiger partial charge is 0.433 e. The summed E-state index contributed by atoms with van der Waals surface area (Å²) in [7, 11) is 0. The summed E-state index contributed by atoms with van der Waals surface area (Å²) in [6.07, 6.45) is -2.53. The van der Waals surface area contributed by atoms with Crippen LogP contribution >= 0.6 is 11.3 Å². The fraction of sp³-hybridized carbons (Fsp3) is 0.438. The molecule has 0 aliphatic carbocycles. The van der Waals surface area contributed by atoms with Crippen molar-refractivity contribution >= 4 is 23.2 Å². The van der Waals surface area contributed by atoms with Gasteiger partial charge in [-0.25, -0.2) is 9.97 Å². The van der Waals surface area contributed by atoms with E-state index < -0.39 is 11.9 Å². The van der Waals surface area contributed by atoms with Crippen molar-refractivity contribution in [2.75, 3.05) is 24.5 Å². The number of amides is 1. The van der Waals surface area contributed by atoms with Crippen LogP contribution in [-0.4, -0.2) is 40.4 Å². The van der Waals surface area contributed by atoms with Gasteiger partial charge >= 0.3 is 6.18 Å². The van der Waals surface area contributed by atoms with Gasteiger partial charge in [0.15, 0.2) is 0 Å². The van der Waals surface area contributed by atoms with Crippen LogP contribution in [0.25, 0.3) is 0 Å². The minimum Gasteiger partial charge on any atom is -0.339 e. The van der Waals surface area contributed by atoms with Crippen LogP contribution in [0.5, 0.6) is 0 Å². The molecule has 4 heterocycles. The summed E-state index contributed by atoms with van der Waals surface area (Å²) in [4.78, 5) is 24.8. The van der Waals surface area contributed by atoms with Crippen LogP contribution in [0.15, 0.2) is 23.7 Å². The summed E-state index contributed by atoms with van der Waals surface area (Å²) in [5, 5.41) is 2.04. The fourth-order valence-corrected chi connectivity index (χ4v) is 4.04. The van der Waals surface area contributed by atoms with Gasteiger partial charge in [-0.3, -0.25) is 4.79 Å². The minimum atomic E-state index is -4.50. The highest BCUT2D eigenvalue weighted by atomic mass is 32.1. The van der Waals surface area contributed by atoms with Crippen molar-refractivity contribution < 1.29 is 18.0 Å². The Morgan fingerprint density at radius 2 is 2.08 bits per heavy atom. The quantitative estimate of drug-likeness (QED) is 0.818. The zero-order chi connectivity index (χ0) is 17.6. The normalized spacial score (nSPS) is 18.0. The van der Waals surface area contributed by atoms with Gasteiger partial charge in [0.05, 0.1) is 5.92 Å². The topological polar surface area (TPSA) is 49.3 Å². The van der Waals surface area contributed by atoms with Crippen molar-refractivity contribution in [1.29, 1.82) is 0 Å². The number of rotatable bonds is 2. The summed E-state index contributed by atoms with van der Waals surface area (Å²) in [6, 6.07) is 2.89. The third kappa shape index (κ3) is 3.08. The molecule has 25 heavy (non-hydrogen) atoms. The number of halogens is 3. The highest BCUT2D eigenvalue weighted by Crippen LogP contribution is 2.31. The van der Waals surface area contributed by atoms with Crippen LogP contribution in [0.1, 0.15) is 16.1 Å². The molecule has 4 rings (SSSR count). The lowest BCUT2D eigenvalue weighted by Crippen LogP contribution is -2.55. The number of hydrogen-bond acceptors (Lipinski definition) is 5. The SMILES string of the molecule is O=C(C1CN(c2nccc(C(F)(F)F)n2)C1)N1CCc2sccc2C1. The molecule has 0 spiro atoms. The van der Waals surface area contributed by atoms with Gasteiger partial charge < -0.3 is 9.80 Å². The number of anilines is 1. The van der Waals surface area contributed by atoms with Crippen LogP contribution in [0, 0.1) is 5.92 Å². The van der Waals surface area contributed by atoms with Gasteiger partial charge in [-0.05, 0) is 29.5 Å². The van der Waals surface area contributed by atoms with E-state index in [-0.39, 0.29) is 17.8 Å². The summed E-state index contributed by atoms with van der Waals surface area (Å²) in [5.41, 5.74) is 0.232. The number of thiophene rings is 1. The Labute approximate surface area is 146 Å². The third-order valence-corrected chi connectivity index (χ3v) is 5.59. The predicted molar refractivity (Wildman–Crippen MR) is 86.2 cm³/mol. The number of aromatic nitrogens is 2. The first-order valence-corrected chi connectivity index (χ1v) is 8.79. The number of fused-ring (bicyclic) bond motifs is 1. The predicted octanol–water partition coefficient (Wildman–Crippen LogP) is 2.58. The lowest BCUT2D eigenvalue weighted by atomic mass is 9.97. The van der Waals surface area contributed by atoms with E-state index in [9.17, 15) is 18.0 Å². The van der Waals surface area contributed by atoms with Crippen molar-refractivity contribution in [3.63, 3.8) is 0 Å². The molecule has 0 aromatic carbocycles. The van der Waals surface area contributed by atoms with Crippen LogP contribution in [0.3, 0.4) is 0 Å². The molecule has 5 nitrogen and oxygen atoms in total. The van der Waals surface area contributed by atoms with E-state index in [1.54, 1.807) is 16.2 Å². The van der Waals surface area contributed by atoms with E-state index in [0.717, 1.165) is 18.7 Å². The zero-order valence-corrected chi connectivity index (χ0v) is 14.0. The average Bonchev–Trinajstić information content (AvgIpc) is 3.00. The molecule has 9 heteroatoms. The number of alkyl halides is 3. The van der Waals surface area contributed by atoms with Crippen molar-refractivity contribution in [1.82, 2.24) is 14.9 Å². The highest BCUT2D eigenvalue weighted by molar-refractivity contribution is 7.10. The molecule has 1 saturated heterocycles. The first-order valence-electron chi connectivity index (χ1n) is 7.91. The van der Waals surface area contributed by atoms with E-state index >= 15 is 0 Å². The molecule has 1 amide bonds. The summed E-state index contributed by atoms with van der Waals surface area (Å²) in [5.74, 6) is -0.129. The number of carbonyl (C=O) groups excluding carboxylic acids is 1. The summed E-state index contributed by atoms with van der Waals surface area (Å²) in [6.45, 7) is 2.03. The highest BCUT2D eigenvalue weighted by Gasteiger charge is 2.39. The van der Waals surface area contributed by atoms with Gasteiger partial charge in [0.25, 0.3) is 0 Å². The molecule has 0 saturated carbocycles. The van der Waals surface area contributed by atoms with Gasteiger partial charge in [0.2, 0.25) is 11.9 Å². The molecule has 0 N–H and O–H groups in total. The monoisotopic (exact) mass is 368 g/mol. The number of hydrogen-bond donors (Lipinski definition) is 0. The van der Waals surface area contributed by atoms with Gasteiger partial charge in [-0.15, -0.1) is 11.3 Å². The second-order valence-corrected chi connectivity index (χ2v) is 7.22. The number of carbonyl (C=O) groups is 1. The Morgan fingerprint density at radius 1 is 1.28 bits per heavy atom. The van der Waals surface area contributed by atoms with E-state index in [0.29, 0.717) is 26.2 Å². The molecule has 0 radical (unpaired) electrons. The lowest BCUT2D eigenvalue weighted by Gasteiger charge is -2.41. The van der Waals surface area contributed by atoms with E-state index in [4.69, 9.17) is 0 Å². The van der Waals surface area contributed by atoms with Crippen LogP contribution in [0.4, 0.5) is 19.1 Å². The fourth-order valence-electron chi connectivity index (χ4n) is 3.15. The second kappa shape index (κ2) is 5.98. The molecule has 0 atom stereocenters. The minimum absolute atomic E-state index is 0.0256. The molecular formula is C16H15F3N4OS. The second-order valence-electron chi connectivity index (χ2n) is 6.22. The maximum absolute atomic E-state index is 12.7.